The number of nitrogens with zero attached hydrogens (tertiary/aromatic N) is 3. The van der Waals surface area contributed by atoms with Crippen molar-refractivity contribution in [1.82, 2.24) is 14.7 Å². The zero-order chi connectivity index (χ0) is 11.5. The number of aromatic nitrogens is 2. The van der Waals surface area contributed by atoms with Crippen LogP contribution in [0.1, 0.15) is 36.7 Å². The van der Waals surface area contributed by atoms with Crippen molar-refractivity contribution in [1.29, 1.82) is 0 Å². The largest absolute Gasteiger partial charge is 0.337 e. The Hall–Kier alpha value is -1.32. The van der Waals surface area contributed by atoms with Crippen LogP contribution in [0.4, 0.5) is 0 Å². The lowest BCUT2D eigenvalue weighted by atomic mass is 9.94. The molecule has 0 N–H and O–H groups in total. The summed E-state index contributed by atoms with van der Waals surface area (Å²) in [6.07, 6.45) is 5.18. The van der Waals surface area contributed by atoms with Gasteiger partial charge >= 0.3 is 0 Å². The predicted molar refractivity (Wildman–Crippen MR) is 62.1 cm³/mol. The molecular weight excluding hydrogens is 202 g/mol. The molecule has 0 aliphatic carbocycles. The molecule has 1 aromatic heterocycles. The van der Waals surface area contributed by atoms with Gasteiger partial charge in [-0.3, -0.25) is 9.48 Å². The summed E-state index contributed by atoms with van der Waals surface area (Å²) in [6, 6.07) is 1.79. The van der Waals surface area contributed by atoms with Crippen molar-refractivity contribution in [3.05, 3.63) is 18.0 Å². The fourth-order valence-corrected chi connectivity index (χ4v) is 2.29. The third-order valence-corrected chi connectivity index (χ3v) is 3.52. The van der Waals surface area contributed by atoms with Gasteiger partial charge in [0, 0.05) is 26.3 Å². The maximum Gasteiger partial charge on any atom is 0.272 e. The Bertz CT molecular complexity index is 364. The van der Waals surface area contributed by atoms with E-state index >= 15 is 0 Å². The molecule has 88 valence electrons. The SMILES string of the molecule is CCC1CCN(C(=O)c2ccnn2C)CC1. The van der Waals surface area contributed by atoms with E-state index in [0.717, 1.165) is 31.8 Å². The third-order valence-electron chi connectivity index (χ3n) is 3.52. The summed E-state index contributed by atoms with van der Waals surface area (Å²) in [7, 11) is 1.81. The van der Waals surface area contributed by atoms with Crippen LogP contribution in [0.3, 0.4) is 0 Å². The molecule has 2 heterocycles. The minimum absolute atomic E-state index is 0.120. The van der Waals surface area contributed by atoms with Gasteiger partial charge in [-0.25, -0.2) is 0 Å². The summed E-state index contributed by atoms with van der Waals surface area (Å²) >= 11 is 0. The van der Waals surface area contributed by atoms with E-state index in [4.69, 9.17) is 0 Å². The molecule has 1 aromatic rings. The fraction of sp³-hybridized carbons (Fsp3) is 0.667. The average Bonchev–Trinajstić information content (AvgIpc) is 2.75. The van der Waals surface area contributed by atoms with Crippen molar-refractivity contribution in [2.24, 2.45) is 13.0 Å². The van der Waals surface area contributed by atoms with Gasteiger partial charge in [-0.05, 0) is 24.8 Å². The number of carbonyl (C=O) groups is 1. The van der Waals surface area contributed by atoms with Gasteiger partial charge in [0.05, 0.1) is 0 Å². The maximum absolute atomic E-state index is 12.1. The lowest BCUT2D eigenvalue weighted by Gasteiger charge is -2.31. The van der Waals surface area contributed by atoms with E-state index in [1.54, 1.807) is 16.9 Å². The summed E-state index contributed by atoms with van der Waals surface area (Å²) in [4.78, 5) is 14.1. The number of carbonyl (C=O) groups excluding carboxylic acids is 1. The van der Waals surface area contributed by atoms with E-state index in [1.165, 1.54) is 6.42 Å². The average molecular weight is 221 g/mol. The maximum atomic E-state index is 12.1. The van der Waals surface area contributed by atoms with Crippen LogP contribution < -0.4 is 0 Å². The lowest BCUT2D eigenvalue weighted by Crippen LogP contribution is -2.39. The molecule has 4 heteroatoms. The van der Waals surface area contributed by atoms with Gasteiger partial charge in [-0.15, -0.1) is 0 Å². The van der Waals surface area contributed by atoms with Gasteiger partial charge in [0.15, 0.2) is 0 Å². The molecule has 0 radical (unpaired) electrons. The van der Waals surface area contributed by atoms with Gasteiger partial charge < -0.3 is 4.90 Å². The molecule has 1 aliphatic heterocycles. The van der Waals surface area contributed by atoms with Gasteiger partial charge in [-0.1, -0.05) is 13.3 Å². The van der Waals surface area contributed by atoms with Crippen molar-refractivity contribution in [2.45, 2.75) is 26.2 Å². The smallest absolute Gasteiger partial charge is 0.272 e. The highest BCUT2D eigenvalue weighted by molar-refractivity contribution is 5.92. The standard InChI is InChI=1S/C12H19N3O/c1-3-10-5-8-15(9-6-10)12(16)11-4-7-13-14(11)2/h4,7,10H,3,5-6,8-9H2,1-2H3. The van der Waals surface area contributed by atoms with E-state index in [1.807, 2.05) is 11.9 Å². The van der Waals surface area contributed by atoms with Crippen LogP contribution in [-0.4, -0.2) is 33.7 Å². The molecule has 1 saturated heterocycles. The molecule has 16 heavy (non-hydrogen) atoms. The number of piperidine rings is 1. The first kappa shape index (κ1) is 11.2. The molecule has 1 amide bonds. The molecule has 1 aliphatic rings. The van der Waals surface area contributed by atoms with E-state index in [0.29, 0.717) is 5.69 Å². The first-order valence-electron chi connectivity index (χ1n) is 5.99. The van der Waals surface area contributed by atoms with Crippen LogP contribution in [0, 0.1) is 5.92 Å². The normalized spacial score (nSPS) is 17.8. The highest BCUT2D eigenvalue weighted by Gasteiger charge is 2.23. The number of likely N-dealkylation sites (tertiary alicyclic amines) is 1. The molecule has 2 rings (SSSR count). The number of amides is 1. The lowest BCUT2D eigenvalue weighted by molar-refractivity contribution is 0.0677. The molecule has 1 fully saturated rings. The van der Waals surface area contributed by atoms with E-state index in [9.17, 15) is 4.79 Å². The minimum atomic E-state index is 0.120. The second-order valence-electron chi connectivity index (χ2n) is 4.48. The molecule has 0 spiro atoms. The van der Waals surface area contributed by atoms with E-state index in [-0.39, 0.29) is 5.91 Å². The van der Waals surface area contributed by atoms with Crippen LogP contribution in [0.15, 0.2) is 12.3 Å². The second-order valence-corrected chi connectivity index (χ2v) is 4.48. The van der Waals surface area contributed by atoms with E-state index < -0.39 is 0 Å². The van der Waals surface area contributed by atoms with Crippen molar-refractivity contribution in [3.8, 4) is 0 Å². The molecule has 0 atom stereocenters. The highest BCUT2D eigenvalue weighted by atomic mass is 16.2. The number of rotatable bonds is 2. The van der Waals surface area contributed by atoms with Crippen LogP contribution >= 0.6 is 0 Å². The monoisotopic (exact) mass is 221 g/mol. The number of aryl methyl sites for hydroxylation is 1. The van der Waals surface area contributed by atoms with Crippen molar-refractivity contribution in [3.63, 3.8) is 0 Å². The number of hydrogen-bond donors (Lipinski definition) is 0. The summed E-state index contributed by atoms with van der Waals surface area (Å²) in [5, 5.41) is 4.03. The Kier molecular flexibility index (Phi) is 3.27. The number of hydrogen-bond acceptors (Lipinski definition) is 2. The Morgan fingerprint density at radius 3 is 2.69 bits per heavy atom. The molecule has 0 unspecified atom stereocenters. The van der Waals surface area contributed by atoms with Gasteiger partial charge in [0.25, 0.3) is 5.91 Å². The molecule has 4 nitrogen and oxygen atoms in total. The summed E-state index contributed by atoms with van der Waals surface area (Å²) in [5.41, 5.74) is 0.690. The van der Waals surface area contributed by atoms with Crippen LogP contribution in [0.2, 0.25) is 0 Å². The van der Waals surface area contributed by atoms with Gasteiger partial charge in [-0.2, -0.15) is 5.10 Å². The fourth-order valence-electron chi connectivity index (χ4n) is 2.29. The Morgan fingerprint density at radius 1 is 1.50 bits per heavy atom. The van der Waals surface area contributed by atoms with Crippen LogP contribution in [-0.2, 0) is 7.05 Å². The predicted octanol–water partition coefficient (Wildman–Crippen LogP) is 1.68. The van der Waals surface area contributed by atoms with E-state index in [2.05, 4.69) is 12.0 Å². The molecule has 0 bridgehead atoms. The summed E-state index contributed by atoms with van der Waals surface area (Å²) < 4.78 is 1.65. The second kappa shape index (κ2) is 4.68. The van der Waals surface area contributed by atoms with Crippen molar-refractivity contribution >= 4 is 5.91 Å². The summed E-state index contributed by atoms with van der Waals surface area (Å²) in [5.74, 6) is 0.921. The molecule has 0 aromatic carbocycles. The molecular formula is C12H19N3O. The quantitative estimate of drug-likeness (QED) is 0.762. The van der Waals surface area contributed by atoms with Crippen molar-refractivity contribution in [2.75, 3.05) is 13.1 Å². The minimum Gasteiger partial charge on any atom is -0.337 e. The first-order chi connectivity index (χ1) is 7.72. The highest BCUT2D eigenvalue weighted by Crippen LogP contribution is 2.21. The Morgan fingerprint density at radius 2 is 2.19 bits per heavy atom. The molecule has 0 saturated carbocycles. The third kappa shape index (κ3) is 2.10. The Labute approximate surface area is 96.2 Å². The van der Waals surface area contributed by atoms with Crippen LogP contribution in [0.25, 0.3) is 0 Å². The zero-order valence-electron chi connectivity index (χ0n) is 10.0. The van der Waals surface area contributed by atoms with Crippen molar-refractivity contribution < 1.29 is 4.79 Å². The topological polar surface area (TPSA) is 38.1 Å². The zero-order valence-corrected chi connectivity index (χ0v) is 10.0. The van der Waals surface area contributed by atoms with Crippen LogP contribution in [0.5, 0.6) is 0 Å². The Balaban J connectivity index is 2.00. The van der Waals surface area contributed by atoms with Gasteiger partial charge in [0.1, 0.15) is 5.69 Å². The van der Waals surface area contributed by atoms with Gasteiger partial charge in [0.2, 0.25) is 0 Å². The summed E-state index contributed by atoms with van der Waals surface area (Å²) in [6.45, 7) is 4.01. The first-order valence-corrected chi connectivity index (χ1v) is 5.99.